The Hall–Kier alpha value is -0.370. The van der Waals surface area contributed by atoms with Crippen molar-refractivity contribution in [2.45, 2.75) is 38.6 Å². The van der Waals surface area contributed by atoms with Crippen LogP contribution in [0.2, 0.25) is 0 Å². The van der Waals surface area contributed by atoms with Crippen LogP contribution >= 0.6 is 0 Å². The minimum atomic E-state index is 0.356. The van der Waals surface area contributed by atoms with Crippen LogP contribution in [-0.2, 0) is 4.79 Å². The second kappa shape index (κ2) is 3.71. The average molecular weight is 141 g/mol. The molecule has 58 valence electrons. The SMILES string of the molecule is CCCC(=O)CNC1CC1. The minimum absolute atomic E-state index is 0.356. The number of Topliss-reactive ketones (excluding diaryl/α,β-unsaturated/α-hetero) is 1. The maximum Gasteiger partial charge on any atom is 0.146 e. The molecule has 0 bridgehead atoms. The van der Waals surface area contributed by atoms with Gasteiger partial charge in [0.1, 0.15) is 5.78 Å². The molecule has 10 heavy (non-hydrogen) atoms. The predicted octanol–water partition coefficient (Wildman–Crippen LogP) is 1.11. The molecule has 0 atom stereocenters. The molecule has 1 aliphatic carbocycles. The second-order valence-corrected chi connectivity index (χ2v) is 2.94. The molecule has 1 N–H and O–H groups in total. The van der Waals surface area contributed by atoms with Crippen molar-refractivity contribution in [3.8, 4) is 0 Å². The summed E-state index contributed by atoms with van der Waals surface area (Å²) < 4.78 is 0. The van der Waals surface area contributed by atoms with E-state index in [1.54, 1.807) is 0 Å². The highest BCUT2D eigenvalue weighted by atomic mass is 16.1. The average Bonchev–Trinajstić information content (AvgIpc) is 2.67. The van der Waals surface area contributed by atoms with Gasteiger partial charge in [-0.3, -0.25) is 4.79 Å². The van der Waals surface area contributed by atoms with E-state index in [2.05, 4.69) is 5.32 Å². The van der Waals surface area contributed by atoms with Crippen LogP contribution in [0.25, 0.3) is 0 Å². The fourth-order valence-electron chi connectivity index (χ4n) is 0.913. The van der Waals surface area contributed by atoms with Crippen molar-refractivity contribution >= 4 is 5.78 Å². The first-order valence-corrected chi connectivity index (χ1v) is 4.08. The molecule has 0 saturated heterocycles. The molecule has 0 aromatic rings. The van der Waals surface area contributed by atoms with Gasteiger partial charge in [0.05, 0.1) is 6.54 Å². The van der Waals surface area contributed by atoms with Gasteiger partial charge in [-0.15, -0.1) is 0 Å². The van der Waals surface area contributed by atoms with Gasteiger partial charge in [0, 0.05) is 12.5 Å². The number of ketones is 1. The minimum Gasteiger partial charge on any atom is -0.307 e. The number of carbonyl (C=O) groups excluding carboxylic acids is 1. The zero-order chi connectivity index (χ0) is 7.40. The molecule has 1 saturated carbocycles. The van der Waals surface area contributed by atoms with Gasteiger partial charge in [-0.2, -0.15) is 0 Å². The van der Waals surface area contributed by atoms with Gasteiger partial charge >= 0.3 is 0 Å². The standard InChI is InChI=1S/C8H15NO/c1-2-3-8(10)6-9-7-4-5-7/h7,9H,2-6H2,1H3. The molecule has 0 aromatic heterocycles. The highest BCUT2D eigenvalue weighted by Gasteiger charge is 2.20. The number of rotatable bonds is 5. The third kappa shape index (κ3) is 2.97. The molecule has 0 aliphatic heterocycles. The molecular weight excluding hydrogens is 126 g/mol. The fourth-order valence-corrected chi connectivity index (χ4v) is 0.913. The smallest absolute Gasteiger partial charge is 0.146 e. The zero-order valence-electron chi connectivity index (χ0n) is 6.52. The van der Waals surface area contributed by atoms with Crippen molar-refractivity contribution < 1.29 is 4.79 Å². The summed E-state index contributed by atoms with van der Waals surface area (Å²) in [4.78, 5) is 10.9. The first-order chi connectivity index (χ1) is 4.83. The van der Waals surface area contributed by atoms with E-state index in [1.807, 2.05) is 6.92 Å². The molecule has 0 aromatic carbocycles. The topological polar surface area (TPSA) is 29.1 Å². The van der Waals surface area contributed by atoms with Crippen molar-refractivity contribution in [1.82, 2.24) is 5.32 Å². The highest BCUT2D eigenvalue weighted by Crippen LogP contribution is 2.18. The summed E-state index contributed by atoms with van der Waals surface area (Å²) in [5.41, 5.74) is 0. The highest BCUT2D eigenvalue weighted by molar-refractivity contribution is 5.80. The van der Waals surface area contributed by atoms with E-state index in [0.29, 0.717) is 18.4 Å². The summed E-state index contributed by atoms with van der Waals surface area (Å²) in [5, 5.41) is 3.19. The van der Waals surface area contributed by atoms with Crippen LogP contribution in [0.4, 0.5) is 0 Å². The van der Waals surface area contributed by atoms with Crippen molar-refractivity contribution in [1.29, 1.82) is 0 Å². The molecule has 1 rings (SSSR count). The van der Waals surface area contributed by atoms with Crippen LogP contribution in [0.5, 0.6) is 0 Å². The molecule has 2 nitrogen and oxygen atoms in total. The summed E-state index contributed by atoms with van der Waals surface area (Å²) in [7, 11) is 0. The van der Waals surface area contributed by atoms with Gasteiger partial charge in [0.25, 0.3) is 0 Å². The number of hydrogen-bond acceptors (Lipinski definition) is 2. The molecule has 0 amide bonds. The quantitative estimate of drug-likeness (QED) is 0.621. The largest absolute Gasteiger partial charge is 0.307 e. The Morgan fingerprint density at radius 2 is 2.30 bits per heavy atom. The molecule has 0 unspecified atom stereocenters. The zero-order valence-corrected chi connectivity index (χ0v) is 6.52. The number of carbonyl (C=O) groups is 1. The van der Waals surface area contributed by atoms with Crippen molar-refractivity contribution in [3.05, 3.63) is 0 Å². The van der Waals surface area contributed by atoms with Crippen LogP contribution in [0.15, 0.2) is 0 Å². The Morgan fingerprint density at radius 1 is 1.60 bits per heavy atom. The third-order valence-corrected chi connectivity index (χ3v) is 1.69. The fraction of sp³-hybridized carbons (Fsp3) is 0.875. The van der Waals surface area contributed by atoms with E-state index in [0.717, 1.165) is 12.8 Å². The number of hydrogen-bond donors (Lipinski definition) is 1. The lowest BCUT2D eigenvalue weighted by Crippen LogP contribution is -2.24. The maximum atomic E-state index is 10.9. The second-order valence-electron chi connectivity index (χ2n) is 2.94. The summed E-state index contributed by atoms with van der Waals surface area (Å²) >= 11 is 0. The van der Waals surface area contributed by atoms with E-state index in [1.165, 1.54) is 12.8 Å². The van der Waals surface area contributed by atoms with Gasteiger partial charge in [-0.1, -0.05) is 6.92 Å². The Kier molecular flexibility index (Phi) is 2.87. The van der Waals surface area contributed by atoms with Crippen LogP contribution in [0, 0.1) is 0 Å². The Morgan fingerprint density at radius 3 is 2.80 bits per heavy atom. The molecule has 0 heterocycles. The molecular formula is C8H15NO. The van der Waals surface area contributed by atoms with E-state index in [4.69, 9.17) is 0 Å². The third-order valence-electron chi connectivity index (χ3n) is 1.69. The van der Waals surface area contributed by atoms with Crippen LogP contribution < -0.4 is 5.32 Å². The van der Waals surface area contributed by atoms with E-state index < -0.39 is 0 Å². The van der Waals surface area contributed by atoms with E-state index >= 15 is 0 Å². The lowest BCUT2D eigenvalue weighted by molar-refractivity contribution is -0.118. The van der Waals surface area contributed by atoms with Gasteiger partial charge in [0.15, 0.2) is 0 Å². The first kappa shape index (κ1) is 7.73. The van der Waals surface area contributed by atoms with Crippen molar-refractivity contribution in [3.63, 3.8) is 0 Å². The molecule has 0 radical (unpaired) electrons. The van der Waals surface area contributed by atoms with Gasteiger partial charge in [-0.25, -0.2) is 0 Å². The summed E-state index contributed by atoms with van der Waals surface area (Å²) in [6, 6.07) is 0.667. The van der Waals surface area contributed by atoms with Crippen molar-refractivity contribution in [2.75, 3.05) is 6.54 Å². The van der Waals surface area contributed by atoms with E-state index in [-0.39, 0.29) is 0 Å². The van der Waals surface area contributed by atoms with Crippen molar-refractivity contribution in [2.24, 2.45) is 0 Å². The van der Waals surface area contributed by atoms with Gasteiger partial charge < -0.3 is 5.32 Å². The van der Waals surface area contributed by atoms with E-state index in [9.17, 15) is 4.79 Å². The molecule has 1 aliphatic rings. The Bertz CT molecular complexity index is 118. The lowest BCUT2D eigenvalue weighted by Gasteiger charge is -1.98. The normalized spacial score (nSPS) is 17.3. The lowest BCUT2D eigenvalue weighted by atomic mass is 10.2. The molecule has 0 spiro atoms. The number of nitrogens with one attached hydrogen (secondary N) is 1. The van der Waals surface area contributed by atoms with Gasteiger partial charge in [0.2, 0.25) is 0 Å². The predicted molar refractivity (Wildman–Crippen MR) is 40.9 cm³/mol. The van der Waals surface area contributed by atoms with Gasteiger partial charge in [-0.05, 0) is 19.3 Å². The summed E-state index contributed by atoms with van der Waals surface area (Å²) in [6.07, 6.45) is 4.24. The van der Waals surface area contributed by atoms with Crippen LogP contribution in [-0.4, -0.2) is 18.4 Å². The Balaban J connectivity index is 1.94. The monoisotopic (exact) mass is 141 g/mol. The van der Waals surface area contributed by atoms with Crippen LogP contribution in [0.3, 0.4) is 0 Å². The molecule has 1 fully saturated rings. The summed E-state index contributed by atoms with van der Waals surface area (Å²) in [5.74, 6) is 0.356. The summed E-state index contributed by atoms with van der Waals surface area (Å²) in [6.45, 7) is 2.63. The Labute approximate surface area is 62.0 Å². The molecule has 2 heteroatoms. The first-order valence-electron chi connectivity index (χ1n) is 4.08. The van der Waals surface area contributed by atoms with Crippen LogP contribution in [0.1, 0.15) is 32.6 Å². The maximum absolute atomic E-state index is 10.9.